The molecular formula is C18H20BrNO4. The van der Waals surface area contributed by atoms with E-state index in [1.807, 2.05) is 32.0 Å². The Morgan fingerprint density at radius 3 is 2.21 bits per heavy atom. The molecule has 0 saturated carbocycles. The van der Waals surface area contributed by atoms with Crippen LogP contribution in [0, 0.1) is 13.8 Å². The summed E-state index contributed by atoms with van der Waals surface area (Å²) in [5.74, 6) is 0.981. The van der Waals surface area contributed by atoms with Crippen LogP contribution < -0.4 is 19.5 Å². The summed E-state index contributed by atoms with van der Waals surface area (Å²) in [6.07, 6.45) is 0. The van der Waals surface area contributed by atoms with Crippen LogP contribution in [0.3, 0.4) is 0 Å². The van der Waals surface area contributed by atoms with E-state index in [4.69, 9.17) is 14.2 Å². The first-order valence-electron chi connectivity index (χ1n) is 7.30. The molecular weight excluding hydrogens is 374 g/mol. The van der Waals surface area contributed by atoms with E-state index in [0.717, 1.165) is 16.8 Å². The van der Waals surface area contributed by atoms with Gasteiger partial charge >= 0.3 is 0 Å². The van der Waals surface area contributed by atoms with Gasteiger partial charge < -0.3 is 19.5 Å². The number of methoxy groups -OCH3 is 3. The van der Waals surface area contributed by atoms with Crippen molar-refractivity contribution >= 4 is 27.5 Å². The minimum atomic E-state index is -0.270. The Balaban J connectivity index is 2.45. The van der Waals surface area contributed by atoms with Crippen LogP contribution in [0.5, 0.6) is 17.2 Å². The number of carbonyl (C=O) groups excluding carboxylic acids is 1. The van der Waals surface area contributed by atoms with Crippen molar-refractivity contribution < 1.29 is 19.0 Å². The lowest BCUT2D eigenvalue weighted by molar-refractivity contribution is 0.102. The SMILES string of the molecule is COc1cc(C(=O)Nc2ccc(C)cc2C)c(Br)c(OC)c1OC. The molecule has 0 aromatic heterocycles. The maximum atomic E-state index is 12.7. The zero-order valence-electron chi connectivity index (χ0n) is 14.3. The summed E-state index contributed by atoms with van der Waals surface area (Å²) in [6.45, 7) is 3.96. The maximum absolute atomic E-state index is 12.7. The molecule has 2 aromatic carbocycles. The third-order valence-corrected chi connectivity index (χ3v) is 4.43. The number of rotatable bonds is 5. The largest absolute Gasteiger partial charge is 0.493 e. The molecule has 0 bridgehead atoms. The van der Waals surface area contributed by atoms with Gasteiger partial charge in [0.2, 0.25) is 5.75 Å². The normalized spacial score (nSPS) is 10.2. The average molecular weight is 394 g/mol. The highest BCUT2D eigenvalue weighted by Crippen LogP contribution is 2.44. The van der Waals surface area contributed by atoms with Gasteiger partial charge in [-0.3, -0.25) is 4.79 Å². The van der Waals surface area contributed by atoms with Crippen molar-refractivity contribution in [2.24, 2.45) is 0 Å². The van der Waals surface area contributed by atoms with E-state index in [1.54, 1.807) is 6.07 Å². The first-order chi connectivity index (χ1) is 11.4. The number of benzene rings is 2. The van der Waals surface area contributed by atoms with E-state index < -0.39 is 0 Å². The van der Waals surface area contributed by atoms with Gasteiger partial charge in [0.25, 0.3) is 5.91 Å². The molecule has 1 N–H and O–H groups in total. The zero-order chi connectivity index (χ0) is 17.9. The van der Waals surface area contributed by atoms with Crippen LogP contribution in [-0.4, -0.2) is 27.2 Å². The Hall–Kier alpha value is -2.21. The third-order valence-electron chi connectivity index (χ3n) is 3.64. The molecule has 0 aliphatic heterocycles. The van der Waals surface area contributed by atoms with Gasteiger partial charge in [0.15, 0.2) is 11.5 Å². The molecule has 24 heavy (non-hydrogen) atoms. The second kappa shape index (κ2) is 7.57. The summed E-state index contributed by atoms with van der Waals surface area (Å²) >= 11 is 3.42. The van der Waals surface area contributed by atoms with Gasteiger partial charge in [-0.2, -0.15) is 0 Å². The van der Waals surface area contributed by atoms with Crippen LogP contribution in [0.25, 0.3) is 0 Å². The van der Waals surface area contributed by atoms with Crippen LogP contribution in [-0.2, 0) is 0 Å². The highest BCUT2D eigenvalue weighted by Gasteiger charge is 2.23. The number of carbonyl (C=O) groups is 1. The second-order valence-corrected chi connectivity index (χ2v) is 6.07. The number of ether oxygens (including phenoxy) is 3. The van der Waals surface area contributed by atoms with Crippen molar-refractivity contribution in [1.29, 1.82) is 0 Å². The molecule has 0 atom stereocenters. The van der Waals surface area contributed by atoms with Gasteiger partial charge in [-0.15, -0.1) is 0 Å². The number of anilines is 1. The van der Waals surface area contributed by atoms with Gasteiger partial charge in [-0.05, 0) is 47.5 Å². The number of hydrogen-bond donors (Lipinski definition) is 1. The fourth-order valence-electron chi connectivity index (χ4n) is 2.43. The number of nitrogens with one attached hydrogen (secondary N) is 1. The Kier molecular flexibility index (Phi) is 5.72. The summed E-state index contributed by atoms with van der Waals surface area (Å²) < 4.78 is 16.5. The smallest absolute Gasteiger partial charge is 0.257 e. The van der Waals surface area contributed by atoms with E-state index in [9.17, 15) is 4.79 Å². The summed E-state index contributed by atoms with van der Waals surface area (Å²) in [5, 5.41) is 2.91. The molecule has 1 amide bonds. The van der Waals surface area contributed by atoms with Gasteiger partial charge in [0, 0.05) is 5.69 Å². The summed E-state index contributed by atoms with van der Waals surface area (Å²) in [6, 6.07) is 7.46. The van der Waals surface area contributed by atoms with Crippen LogP contribution in [0.15, 0.2) is 28.7 Å². The molecule has 5 nitrogen and oxygen atoms in total. The highest BCUT2D eigenvalue weighted by molar-refractivity contribution is 9.10. The summed E-state index contributed by atoms with van der Waals surface area (Å²) in [4.78, 5) is 12.7. The second-order valence-electron chi connectivity index (χ2n) is 5.28. The first-order valence-corrected chi connectivity index (χ1v) is 8.09. The number of hydrogen-bond acceptors (Lipinski definition) is 4. The van der Waals surface area contributed by atoms with Crippen molar-refractivity contribution in [2.75, 3.05) is 26.6 Å². The average Bonchev–Trinajstić information content (AvgIpc) is 2.56. The minimum absolute atomic E-state index is 0.270. The minimum Gasteiger partial charge on any atom is -0.493 e. The predicted octanol–water partition coefficient (Wildman–Crippen LogP) is 4.34. The first kappa shape index (κ1) is 18.1. The van der Waals surface area contributed by atoms with Crippen molar-refractivity contribution in [3.8, 4) is 17.2 Å². The lowest BCUT2D eigenvalue weighted by atomic mass is 10.1. The fourth-order valence-corrected chi connectivity index (χ4v) is 3.07. The van der Waals surface area contributed by atoms with Crippen molar-refractivity contribution in [3.05, 3.63) is 45.4 Å². The van der Waals surface area contributed by atoms with Crippen molar-refractivity contribution in [2.45, 2.75) is 13.8 Å². The van der Waals surface area contributed by atoms with E-state index in [1.165, 1.54) is 21.3 Å². The Labute approximate surface area is 150 Å². The predicted molar refractivity (Wildman–Crippen MR) is 97.7 cm³/mol. The van der Waals surface area contributed by atoms with Crippen LogP contribution >= 0.6 is 15.9 Å². The lowest BCUT2D eigenvalue weighted by Crippen LogP contribution is -2.14. The topological polar surface area (TPSA) is 56.8 Å². The van der Waals surface area contributed by atoms with Crippen LogP contribution in [0.2, 0.25) is 0 Å². The molecule has 0 aliphatic rings. The van der Waals surface area contributed by atoms with Gasteiger partial charge in [-0.25, -0.2) is 0 Å². The Bertz CT molecular complexity index is 774. The summed E-state index contributed by atoms with van der Waals surface area (Å²) in [5.41, 5.74) is 3.28. The van der Waals surface area contributed by atoms with Gasteiger partial charge in [0.1, 0.15) is 0 Å². The monoisotopic (exact) mass is 393 g/mol. The molecule has 0 spiro atoms. The molecule has 0 saturated heterocycles. The van der Waals surface area contributed by atoms with E-state index in [0.29, 0.717) is 27.3 Å². The van der Waals surface area contributed by atoms with Crippen molar-refractivity contribution in [3.63, 3.8) is 0 Å². The molecule has 0 unspecified atom stereocenters. The molecule has 2 rings (SSSR count). The van der Waals surface area contributed by atoms with Crippen LogP contribution in [0.1, 0.15) is 21.5 Å². The van der Waals surface area contributed by atoms with Gasteiger partial charge in [0.05, 0.1) is 31.4 Å². The number of amides is 1. The molecule has 0 radical (unpaired) electrons. The lowest BCUT2D eigenvalue weighted by Gasteiger charge is -2.17. The summed E-state index contributed by atoms with van der Waals surface area (Å²) in [7, 11) is 4.53. The Morgan fingerprint density at radius 2 is 1.67 bits per heavy atom. The van der Waals surface area contributed by atoms with Gasteiger partial charge in [-0.1, -0.05) is 17.7 Å². The molecule has 0 fully saturated rings. The molecule has 0 aliphatic carbocycles. The van der Waals surface area contributed by atoms with Crippen LogP contribution in [0.4, 0.5) is 5.69 Å². The quantitative estimate of drug-likeness (QED) is 0.820. The molecule has 0 heterocycles. The van der Waals surface area contributed by atoms with E-state index in [-0.39, 0.29) is 5.91 Å². The number of halogens is 1. The Morgan fingerprint density at radius 1 is 1.00 bits per heavy atom. The number of aryl methyl sites for hydroxylation is 2. The van der Waals surface area contributed by atoms with Crippen molar-refractivity contribution in [1.82, 2.24) is 0 Å². The molecule has 6 heteroatoms. The standard InChI is InChI=1S/C18H20BrNO4/c1-10-6-7-13(11(2)8-10)20-18(21)12-9-14(22-3)16(23-4)17(24-5)15(12)19/h6-9H,1-5H3,(H,20,21). The molecule has 2 aromatic rings. The third kappa shape index (κ3) is 3.48. The van der Waals surface area contributed by atoms with E-state index >= 15 is 0 Å². The molecule has 128 valence electrons. The zero-order valence-corrected chi connectivity index (χ0v) is 15.9. The fraction of sp³-hybridized carbons (Fsp3) is 0.278. The maximum Gasteiger partial charge on any atom is 0.257 e. The van der Waals surface area contributed by atoms with E-state index in [2.05, 4.69) is 21.2 Å². The highest BCUT2D eigenvalue weighted by atomic mass is 79.9.